The van der Waals surface area contributed by atoms with Crippen LogP contribution in [0, 0.1) is 12.7 Å². The van der Waals surface area contributed by atoms with E-state index in [-0.39, 0.29) is 11.9 Å². The molecule has 0 aliphatic rings. The first-order valence-electron chi connectivity index (χ1n) is 6.02. The number of hydrogen-bond acceptors (Lipinski definition) is 2. The van der Waals surface area contributed by atoms with E-state index in [1.165, 1.54) is 6.07 Å². The summed E-state index contributed by atoms with van der Waals surface area (Å²) in [6.07, 6.45) is 0.531. The van der Waals surface area contributed by atoms with E-state index in [0.717, 1.165) is 11.3 Å². The third-order valence-corrected chi connectivity index (χ3v) is 2.71. The number of rotatable bonds is 4. The van der Waals surface area contributed by atoms with Crippen LogP contribution < -0.4 is 4.74 Å². The lowest BCUT2D eigenvalue weighted by Gasteiger charge is -2.09. The van der Waals surface area contributed by atoms with Crippen LogP contribution in [-0.2, 0) is 6.42 Å². The highest BCUT2D eigenvalue weighted by atomic mass is 19.1. The molecule has 2 rings (SSSR count). The molecular formula is C14H17FN2O. The van der Waals surface area contributed by atoms with Gasteiger partial charge in [0.2, 0.25) is 5.88 Å². The number of ether oxygens (including phenoxy) is 1. The molecule has 0 atom stereocenters. The third-order valence-electron chi connectivity index (χ3n) is 2.71. The van der Waals surface area contributed by atoms with E-state index >= 15 is 0 Å². The van der Waals surface area contributed by atoms with Gasteiger partial charge in [0.25, 0.3) is 0 Å². The Morgan fingerprint density at radius 2 is 2.06 bits per heavy atom. The second-order valence-corrected chi connectivity index (χ2v) is 4.57. The minimum absolute atomic E-state index is 0.0482. The van der Waals surface area contributed by atoms with Crippen LogP contribution in [0.1, 0.15) is 30.7 Å². The summed E-state index contributed by atoms with van der Waals surface area (Å²) in [6.45, 7) is 5.80. The summed E-state index contributed by atoms with van der Waals surface area (Å²) in [5.41, 5.74) is 2.47. The first kappa shape index (κ1) is 12.6. The van der Waals surface area contributed by atoms with Crippen molar-refractivity contribution in [2.45, 2.75) is 33.3 Å². The smallest absolute Gasteiger partial charge is 0.236 e. The van der Waals surface area contributed by atoms with Crippen LogP contribution in [0.4, 0.5) is 4.39 Å². The summed E-state index contributed by atoms with van der Waals surface area (Å²) in [4.78, 5) is 0. The molecule has 0 unspecified atom stereocenters. The number of halogens is 1. The van der Waals surface area contributed by atoms with Gasteiger partial charge in [0.05, 0.1) is 6.10 Å². The standard InChI is InChI=1S/C14H17FN2O/c1-9(2)18-14-12(10(3)16-17-14)8-11-6-4-5-7-13(11)15/h4-7,9H,8H2,1-3H3,(H,16,17). The topological polar surface area (TPSA) is 37.9 Å². The molecule has 0 bridgehead atoms. The summed E-state index contributed by atoms with van der Waals surface area (Å²) in [5.74, 6) is 0.361. The van der Waals surface area contributed by atoms with Crippen LogP contribution in [0.25, 0.3) is 0 Å². The molecule has 96 valence electrons. The van der Waals surface area contributed by atoms with Gasteiger partial charge < -0.3 is 4.74 Å². The van der Waals surface area contributed by atoms with E-state index in [2.05, 4.69) is 10.2 Å². The van der Waals surface area contributed by atoms with E-state index in [1.807, 2.05) is 26.8 Å². The summed E-state index contributed by atoms with van der Waals surface area (Å²) >= 11 is 0. The highest BCUT2D eigenvalue weighted by Crippen LogP contribution is 2.24. The van der Waals surface area contributed by atoms with E-state index in [0.29, 0.717) is 17.9 Å². The molecule has 2 aromatic rings. The number of nitrogens with zero attached hydrogens (tertiary/aromatic N) is 1. The van der Waals surface area contributed by atoms with Crippen LogP contribution in [-0.4, -0.2) is 16.3 Å². The monoisotopic (exact) mass is 248 g/mol. The Bertz CT molecular complexity index is 534. The van der Waals surface area contributed by atoms with Gasteiger partial charge in [-0.25, -0.2) is 4.39 Å². The Kier molecular flexibility index (Phi) is 3.65. The van der Waals surface area contributed by atoms with Crippen LogP contribution in [0.5, 0.6) is 5.88 Å². The third kappa shape index (κ3) is 2.70. The molecular weight excluding hydrogens is 231 g/mol. The zero-order valence-electron chi connectivity index (χ0n) is 10.8. The average Bonchev–Trinajstić information content (AvgIpc) is 2.64. The largest absolute Gasteiger partial charge is 0.474 e. The molecule has 1 aromatic carbocycles. The quantitative estimate of drug-likeness (QED) is 0.902. The molecule has 3 nitrogen and oxygen atoms in total. The number of aromatic amines is 1. The van der Waals surface area contributed by atoms with Gasteiger partial charge in [-0.1, -0.05) is 18.2 Å². The van der Waals surface area contributed by atoms with Gasteiger partial charge in [-0.15, -0.1) is 5.10 Å². The number of nitrogens with one attached hydrogen (secondary N) is 1. The summed E-state index contributed by atoms with van der Waals surface area (Å²) < 4.78 is 19.2. The lowest BCUT2D eigenvalue weighted by atomic mass is 10.1. The van der Waals surface area contributed by atoms with Crippen LogP contribution in [0.2, 0.25) is 0 Å². The molecule has 1 heterocycles. The zero-order valence-corrected chi connectivity index (χ0v) is 10.8. The maximum absolute atomic E-state index is 13.6. The minimum atomic E-state index is -0.200. The maximum Gasteiger partial charge on any atom is 0.236 e. The average molecular weight is 248 g/mol. The second kappa shape index (κ2) is 5.21. The van der Waals surface area contributed by atoms with Gasteiger partial charge in [0.1, 0.15) is 5.82 Å². The van der Waals surface area contributed by atoms with Crippen LogP contribution >= 0.6 is 0 Å². The number of aromatic nitrogens is 2. The Morgan fingerprint density at radius 3 is 2.72 bits per heavy atom. The number of benzene rings is 1. The molecule has 1 aromatic heterocycles. The first-order chi connectivity index (χ1) is 8.58. The van der Waals surface area contributed by atoms with Gasteiger partial charge in [0, 0.05) is 17.7 Å². The highest BCUT2D eigenvalue weighted by Gasteiger charge is 2.14. The molecule has 0 aliphatic heterocycles. The van der Waals surface area contributed by atoms with Crippen molar-refractivity contribution in [3.63, 3.8) is 0 Å². The molecule has 1 N–H and O–H groups in total. The van der Waals surface area contributed by atoms with Crippen molar-refractivity contribution < 1.29 is 9.13 Å². The molecule has 0 saturated carbocycles. The molecule has 0 radical (unpaired) electrons. The summed E-state index contributed by atoms with van der Waals surface area (Å²) in [6, 6.07) is 6.76. The van der Waals surface area contributed by atoms with Gasteiger partial charge in [-0.2, -0.15) is 0 Å². The van der Waals surface area contributed by atoms with Gasteiger partial charge in [-0.05, 0) is 32.4 Å². The number of hydrogen-bond donors (Lipinski definition) is 1. The summed E-state index contributed by atoms with van der Waals surface area (Å²) in [7, 11) is 0. The molecule has 0 fully saturated rings. The fourth-order valence-electron chi connectivity index (χ4n) is 1.79. The van der Waals surface area contributed by atoms with Crippen molar-refractivity contribution in [2.24, 2.45) is 0 Å². The molecule has 0 saturated heterocycles. The lowest BCUT2D eigenvalue weighted by Crippen LogP contribution is -2.08. The SMILES string of the molecule is Cc1[nH]nc(OC(C)C)c1Cc1ccccc1F. The first-order valence-corrected chi connectivity index (χ1v) is 6.02. The predicted octanol–water partition coefficient (Wildman–Crippen LogP) is 3.24. The molecule has 0 amide bonds. The molecule has 0 aliphatic carbocycles. The normalized spacial score (nSPS) is 10.9. The zero-order chi connectivity index (χ0) is 13.1. The van der Waals surface area contributed by atoms with Crippen molar-refractivity contribution in [1.29, 1.82) is 0 Å². The Balaban J connectivity index is 2.28. The van der Waals surface area contributed by atoms with E-state index < -0.39 is 0 Å². The van der Waals surface area contributed by atoms with Gasteiger partial charge in [-0.3, -0.25) is 5.10 Å². The minimum Gasteiger partial charge on any atom is -0.474 e. The Labute approximate surface area is 106 Å². The van der Waals surface area contributed by atoms with Gasteiger partial charge >= 0.3 is 0 Å². The van der Waals surface area contributed by atoms with E-state index in [1.54, 1.807) is 12.1 Å². The van der Waals surface area contributed by atoms with Crippen molar-refractivity contribution in [2.75, 3.05) is 0 Å². The lowest BCUT2D eigenvalue weighted by molar-refractivity contribution is 0.230. The Hall–Kier alpha value is -1.84. The number of H-pyrrole nitrogens is 1. The summed E-state index contributed by atoms with van der Waals surface area (Å²) in [5, 5.41) is 7.00. The molecule has 0 spiro atoms. The van der Waals surface area contributed by atoms with E-state index in [4.69, 9.17) is 4.74 Å². The van der Waals surface area contributed by atoms with Gasteiger partial charge in [0.15, 0.2) is 0 Å². The van der Waals surface area contributed by atoms with Crippen molar-refractivity contribution in [1.82, 2.24) is 10.2 Å². The molecule has 4 heteroatoms. The Morgan fingerprint density at radius 1 is 1.33 bits per heavy atom. The fourth-order valence-corrected chi connectivity index (χ4v) is 1.79. The van der Waals surface area contributed by atoms with Crippen molar-refractivity contribution in [3.05, 3.63) is 46.9 Å². The van der Waals surface area contributed by atoms with E-state index in [9.17, 15) is 4.39 Å². The van der Waals surface area contributed by atoms with Crippen molar-refractivity contribution >= 4 is 0 Å². The predicted molar refractivity (Wildman–Crippen MR) is 68.3 cm³/mol. The van der Waals surface area contributed by atoms with Crippen molar-refractivity contribution in [3.8, 4) is 5.88 Å². The molecule has 18 heavy (non-hydrogen) atoms. The maximum atomic E-state index is 13.6. The number of aryl methyl sites for hydroxylation is 1. The van der Waals surface area contributed by atoms with Crippen LogP contribution in [0.3, 0.4) is 0 Å². The fraction of sp³-hybridized carbons (Fsp3) is 0.357. The second-order valence-electron chi connectivity index (χ2n) is 4.57. The highest BCUT2D eigenvalue weighted by molar-refractivity contribution is 5.36. The van der Waals surface area contributed by atoms with Crippen LogP contribution in [0.15, 0.2) is 24.3 Å².